The molecule has 0 saturated heterocycles. The summed E-state index contributed by atoms with van der Waals surface area (Å²) < 4.78 is 3.19. The molecule has 1 aliphatic carbocycles. The van der Waals surface area contributed by atoms with E-state index in [-0.39, 0.29) is 5.92 Å². The maximum Gasteiger partial charge on any atom is 0.140 e. The molecule has 1 aromatic heterocycles. The Morgan fingerprint density at radius 1 is 1.41 bits per heavy atom. The van der Waals surface area contributed by atoms with E-state index in [0.717, 1.165) is 23.7 Å². The Labute approximate surface area is 109 Å². The lowest BCUT2D eigenvalue weighted by molar-refractivity contribution is -0.118. The van der Waals surface area contributed by atoms with E-state index in [4.69, 9.17) is 0 Å². The molecule has 0 N–H and O–H groups in total. The third kappa shape index (κ3) is 1.73. The molecule has 1 aromatic carbocycles. The highest BCUT2D eigenvalue weighted by Gasteiger charge is 2.28. The summed E-state index contributed by atoms with van der Waals surface area (Å²) in [4.78, 5) is 11.9. The Morgan fingerprint density at radius 3 is 2.94 bits per heavy atom. The van der Waals surface area contributed by atoms with Crippen molar-refractivity contribution in [3.63, 3.8) is 0 Å². The quantitative estimate of drug-likeness (QED) is 0.784. The average Bonchev–Trinajstić information content (AvgIpc) is 2.84. The lowest BCUT2D eigenvalue weighted by Gasteiger charge is -2.05. The van der Waals surface area contributed by atoms with Gasteiger partial charge in [-0.25, -0.2) is 0 Å². The number of halogens is 1. The van der Waals surface area contributed by atoms with Gasteiger partial charge in [-0.05, 0) is 30.5 Å². The van der Waals surface area contributed by atoms with Gasteiger partial charge in [-0.15, -0.1) is 0 Å². The van der Waals surface area contributed by atoms with Crippen molar-refractivity contribution in [2.24, 2.45) is 7.05 Å². The molecule has 0 bridgehead atoms. The summed E-state index contributed by atoms with van der Waals surface area (Å²) in [6.07, 6.45) is 4.91. The summed E-state index contributed by atoms with van der Waals surface area (Å²) in [6, 6.07) is 6.27. The van der Waals surface area contributed by atoms with Gasteiger partial charge in [-0.1, -0.05) is 22.0 Å². The monoisotopic (exact) mass is 291 g/mol. The molecule has 1 heterocycles. The fraction of sp³-hybridized carbons (Fsp3) is 0.357. The van der Waals surface area contributed by atoms with Crippen molar-refractivity contribution in [2.45, 2.75) is 25.2 Å². The SMILES string of the molecule is Cn1cc([C@@H]2CCCC2=O)c2ccc(Br)cc21. The number of carbonyl (C=O) groups is 1. The van der Waals surface area contributed by atoms with Gasteiger partial charge in [-0.2, -0.15) is 0 Å². The van der Waals surface area contributed by atoms with Crippen LogP contribution in [0.5, 0.6) is 0 Å². The largest absolute Gasteiger partial charge is 0.350 e. The number of aromatic nitrogens is 1. The zero-order valence-electron chi connectivity index (χ0n) is 9.74. The van der Waals surface area contributed by atoms with E-state index in [9.17, 15) is 4.79 Å². The molecule has 0 spiro atoms. The Balaban J connectivity index is 2.20. The van der Waals surface area contributed by atoms with Gasteiger partial charge >= 0.3 is 0 Å². The average molecular weight is 292 g/mol. The minimum absolute atomic E-state index is 0.125. The zero-order valence-corrected chi connectivity index (χ0v) is 11.3. The second-order valence-electron chi connectivity index (χ2n) is 4.77. The minimum atomic E-state index is 0.125. The summed E-state index contributed by atoms with van der Waals surface area (Å²) in [7, 11) is 2.04. The molecule has 3 heteroatoms. The molecule has 1 saturated carbocycles. The van der Waals surface area contributed by atoms with Crippen LogP contribution < -0.4 is 0 Å². The van der Waals surface area contributed by atoms with Crippen LogP contribution in [0.1, 0.15) is 30.7 Å². The highest BCUT2D eigenvalue weighted by Crippen LogP contribution is 2.36. The second-order valence-corrected chi connectivity index (χ2v) is 5.68. The fourth-order valence-electron chi connectivity index (χ4n) is 2.81. The van der Waals surface area contributed by atoms with Crippen LogP contribution in [0.25, 0.3) is 10.9 Å². The molecule has 2 nitrogen and oxygen atoms in total. The van der Waals surface area contributed by atoms with E-state index in [1.54, 1.807) is 0 Å². The molecule has 1 atom stereocenters. The number of fused-ring (bicyclic) bond motifs is 1. The van der Waals surface area contributed by atoms with Crippen molar-refractivity contribution in [2.75, 3.05) is 0 Å². The van der Waals surface area contributed by atoms with Gasteiger partial charge in [0.05, 0.1) is 0 Å². The first-order valence-electron chi connectivity index (χ1n) is 5.94. The number of Topliss-reactive ketones (excluding diaryl/α,β-unsaturated/α-hetero) is 1. The van der Waals surface area contributed by atoms with Crippen LogP contribution in [-0.2, 0) is 11.8 Å². The van der Waals surface area contributed by atoms with E-state index >= 15 is 0 Å². The van der Waals surface area contributed by atoms with Crippen LogP contribution >= 0.6 is 15.9 Å². The number of benzene rings is 1. The lowest BCUT2D eigenvalue weighted by atomic mass is 9.96. The third-order valence-corrected chi connectivity index (χ3v) is 4.16. The summed E-state index contributed by atoms with van der Waals surface area (Å²) >= 11 is 3.49. The standard InChI is InChI=1S/C14H14BrNO/c1-16-8-12(11-3-2-4-14(11)17)10-6-5-9(15)7-13(10)16/h5-8,11H,2-4H2,1H3/t11-/m0/s1. The Kier molecular flexibility index (Phi) is 2.58. The van der Waals surface area contributed by atoms with E-state index in [0.29, 0.717) is 5.78 Å². The van der Waals surface area contributed by atoms with E-state index in [1.165, 1.54) is 16.5 Å². The summed E-state index contributed by atoms with van der Waals surface area (Å²) in [5, 5.41) is 1.22. The lowest BCUT2D eigenvalue weighted by Crippen LogP contribution is -2.03. The van der Waals surface area contributed by atoms with Gasteiger partial charge in [0.2, 0.25) is 0 Å². The van der Waals surface area contributed by atoms with Crippen LogP contribution in [0.4, 0.5) is 0 Å². The Bertz CT molecular complexity index is 600. The molecule has 0 unspecified atom stereocenters. The highest BCUT2D eigenvalue weighted by molar-refractivity contribution is 9.10. The van der Waals surface area contributed by atoms with Gasteiger partial charge < -0.3 is 4.57 Å². The van der Waals surface area contributed by atoms with Gasteiger partial charge in [0.15, 0.2) is 0 Å². The maximum absolute atomic E-state index is 11.9. The third-order valence-electron chi connectivity index (χ3n) is 3.66. The number of hydrogen-bond donors (Lipinski definition) is 0. The zero-order chi connectivity index (χ0) is 12.0. The normalized spacial score (nSPS) is 20.4. The molecular formula is C14H14BrNO. The minimum Gasteiger partial charge on any atom is -0.350 e. The van der Waals surface area contributed by atoms with Gasteiger partial charge in [-0.3, -0.25) is 4.79 Å². The summed E-state index contributed by atoms with van der Waals surface area (Å²) in [6.45, 7) is 0. The molecule has 2 aromatic rings. The first-order chi connectivity index (χ1) is 8.16. The number of ketones is 1. The fourth-order valence-corrected chi connectivity index (χ4v) is 3.16. The van der Waals surface area contributed by atoms with Crippen LogP contribution in [0.2, 0.25) is 0 Å². The molecule has 88 valence electrons. The first kappa shape index (κ1) is 11.0. The number of hydrogen-bond acceptors (Lipinski definition) is 1. The smallest absolute Gasteiger partial charge is 0.140 e. The molecular weight excluding hydrogens is 278 g/mol. The Hall–Kier alpha value is -1.09. The molecule has 3 rings (SSSR count). The van der Waals surface area contributed by atoms with Gasteiger partial charge in [0, 0.05) is 41.0 Å². The number of nitrogens with zero attached hydrogens (tertiary/aromatic N) is 1. The first-order valence-corrected chi connectivity index (χ1v) is 6.73. The van der Waals surface area contributed by atoms with Crippen LogP contribution in [0.3, 0.4) is 0 Å². The van der Waals surface area contributed by atoms with Gasteiger partial charge in [0.1, 0.15) is 5.78 Å². The molecule has 0 aliphatic heterocycles. The van der Waals surface area contributed by atoms with E-state index in [2.05, 4.69) is 38.8 Å². The summed E-state index contributed by atoms with van der Waals surface area (Å²) in [5.41, 5.74) is 2.39. The maximum atomic E-state index is 11.9. The predicted octanol–water partition coefficient (Wildman–Crippen LogP) is 3.78. The van der Waals surface area contributed by atoms with Crippen molar-refractivity contribution in [1.82, 2.24) is 4.57 Å². The van der Waals surface area contributed by atoms with Crippen molar-refractivity contribution in [3.8, 4) is 0 Å². The van der Waals surface area contributed by atoms with Crippen molar-refractivity contribution >= 4 is 32.6 Å². The number of carbonyl (C=O) groups excluding carboxylic acids is 1. The van der Waals surface area contributed by atoms with Crippen molar-refractivity contribution in [1.29, 1.82) is 0 Å². The summed E-state index contributed by atoms with van der Waals surface area (Å²) in [5.74, 6) is 0.528. The van der Waals surface area contributed by atoms with Crippen molar-refractivity contribution in [3.05, 3.63) is 34.4 Å². The number of aryl methyl sites for hydroxylation is 1. The highest BCUT2D eigenvalue weighted by atomic mass is 79.9. The van der Waals surface area contributed by atoms with Crippen LogP contribution in [-0.4, -0.2) is 10.4 Å². The van der Waals surface area contributed by atoms with Crippen LogP contribution in [0, 0.1) is 0 Å². The molecule has 1 aliphatic rings. The second kappa shape index (κ2) is 3.98. The molecule has 1 fully saturated rings. The molecule has 17 heavy (non-hydrogen) atoms. The molecule has 0 radical (unpaired) electrons. The Morgan fingerprint density at radius 2 is 2.24 bits per heavy atom. The van der Waals surface area contributed by atoms with Crippen LogP contribution in [0.15, 0.2) is 28.9 Å². The van der Waals surface area contributed by atoms with Gasteiger partial charge in [0.25, 0.3) is 0 Å². The predicted molar refractivity (Wildman–Crippen MR) is 72.2 cm³/mol. The van der Waals surface area contributed by atoms with E-state index in [1.807, 2.05) is 13.1 Å². The van der Waals surface area contributed by atoms with Crippen molar-refractivity contribution < 1.29 is 4.79 Å². The van der Waals surface area contributed by atoms with E-state index < -0.39 is 0 Å². The topological polar surface area (TPSA) is 22.0 Å². The number of rotatable bonds is 1. The molecule has 0 amide bonds.